The van der Waals surface area contributed by atoms with Crippen molar-refractivity contribution in [3.63, 3.8) is 0 Å². The van der Waals surface area contributed by atoms with E-state index < -0.39 is 41.5 Å². The fraction of sp³-hybridized carbons (Fsp3) is 0.400. The number of nitrogens with one attached hydrogen (secondary N) is 1. The third-order valence-electron chi connectivity index (χ3n) is 5.82. The number of carboxylic acids is 2. The maximum atomic E-state index is 12.2. The Morgan fingerprint density at radius 2 is 1.61 bits per heavy atom. The monoisotopic (exact) mass is 544 g/mol. The first-order valence-electron chi connectivity index (χ1n) is 10.7. The molecule has 0 radical (unpaired) electrons. The molecule has 36 heavy (non-hydrogen) atoms. The van der Waals surface area contributed by atoms with Gasteiger partial charge in [0.05, 0.1) is 12.1 Å². The predicted molar refractivity (Wildman–Crippen MR) is 129 cm³/mol. The van der Waals surface area contributed by atoms with Gasteiger partial charge in [-0.15, -0.1) is 0 Å². The molecule has 0 spiro atoms. The van der Waals surface area contributed by atoms with Crippen molar-refractivity contribution in [1.82, 2.24) is 5.32 Å². The summed E-state index contributed by atoms with van der Waals surface area (Å²) in [4.78, 5) is 21.1. The molecule has 6 nitrogen and oxygen atoms in total. The summed E-state index contributed by atoms with van der Waals surface area (Å²) in [5.74, 6) is -4.17. The first-order chi connectivity index (χ1) is 16.5. The van der Waals surface area contributed by atoms with Crippen LogP contribution in [0.1, 0.15) is 44.4 Å². The van der Waals surface area contributed by atoms with Crippen LogP contribution < -0.4 is 5.32 Å². The standard InChI is InChI=1S/C23H24Cl2N2O2.C2HF3O2/c1-22(2,3)12-18-19(21(28)29)27-20(14-5-4-6-17(25)11-14)23(18,13-26)15-7-9-16(24)10-8-15;3-2(4,5)1(6)7/h4-11,18-20,27H,12H2,1-3H3,(H,28,29);(H,6,7)/t18-,19+,20+,23+;/m0./s1. The fourth-order valence-electron chi connectivity index (χ4n) is 4.45. The zero-order valence-corrected chi connectivity index (χ0v) is 21.1. The van der Waals surface area contributed by atoms with E-state index in [1.165, 1.54) is 0 Å². The van der Waals surface area contributed by atoms with E-state index >= 15 is 0 Å². The first kappa shape index (κ1) is 29.4. The first-order valence-corrected chi connectivity index (χ1v) is 11.5. The van der Waals surface area contributed by atoms with Crippen LogP contribution in [0.15, 0.2) is 48.5 Å². The molecule has 0 aromatic heterocycles. The summed E-state index contributed by atoms with van der Waals surface area (Å²) in [5.41, 5.74) is 0.278. The average Bonchev–Trinajstić information content (AvgIpc) is 3.07. The van der Waals surface area contributed by atoms with Gasteiger partial charge in [0.15, 0.2) is 0 Å². The number of rotatable bonds is 4. The van der Waals surface area contributed by atoms with E-state index in [9.17, 15) is 28.3 Å². The fourth-order valence-corrected chi connectivity index (χ4v) is 4.77. The molecule has 0 unspecified atom stereocenters. The van der Waals surface area contributed by atoms with Crippen molar-refractivity contribution in [2.45, 2.75) is 50.9 Å². The summed E-state index contributed by atoms with van der Waals surface area (Å²) in [5, 5.41) is 32.0. The normalized spacial score (nSPS) is 23.8. The van der Waals surface area contributed by atoms with Crippen LogP contribution >= 0.6 is 23.2 Å². The van der Waals surface area contributed by atoms with Gasteiger partial charge in [-0.1, -0.05) is 68.2 Å². The minimum Gasteiger partial charge on any atom is -0.480 e. The van der Waals surface area contributed by atoms with Crippen molar-refractivity contribution >= 4 is 35.1 Å². The van der Waals surface area contributed by atoms with E-state index in [0.29, 0.717) is 16.5 Å². The molecule has 1 aliphatic heterocycles. The Morgan fingerprint density at radius 3 is 2.03 bits per heavy atom. The predicted octanol–water partition coefficient (Wildman–Crippen LogP) is 6.24. The molecule has 194 valence electrons. The minimum absolute atomic E-state index is 0.169. The van der Waals surface area contributed by atoms with Gasteiger partial charge in [0.2, 0.25) is 0 Å². The lowest BCUT2D eigenvalue weighted by atomic mass is 9.62. The number of nitrogens with zero attached hydrogens (tertiary/aromatic N) is 1. The molecule has 3 N–H and O–H groups in total. The molecule has 0 aliphatic carbocycles. The second-order valence-electron chi connectivity index (χ2n) is 9.63. The second-order valence-corrected chi connectivity index (χ2v) is 10.5. The Bertz CT molecular complexity index is 1140. The van der Waals surface area contributed by atoms with E-state index in [4.69, 9.17) is 33.1 Å². The Balaban J connectivity index is 0.000000572. The molecule has 0 bridgehead atoms. The van der Waals surface area contributed by atoms with Crippen molar-refractivity contribution in [3.8, 4) is 6.07 Å². The molecule has 1 fully saturated rings. The maximum absolute atomic E-state index is 12.2. The smallest absolute Gasteiger partial charge is 0.480 e. The van der Waals surface area contributed by atoms with Crippen LogP contribution in [0, 0.1) is 22.7 Å². The van der Waals surface area contributed by atoms with E-state index in [-0.39, 0.29) is 5.41 Å². The lowest BCUT2D eigenvalue weighted by Crippen LogP contribution is -2.41. The van der Waals surface area contributed by atoms with E-state index in [0.717, 1.165) is 11.1 Å². The van der Waals surface area contributed by atoms with Crippen LogP contribution in [-0.4, -0.2) is 34.4 Å². The van der Waals surface area contributed by atoms with Crippen LogP contribution in [-0.2, 0) is 15.0 Å². The number of carboxylic acid groups (broad SMARTS) is 2. The largest absolute Gasteiger partial charge is 0.490 e. The Morgan fingerprint density at radius 1 is 1.06 bits per heavy atom. The highest BCUT2D eigenvalue weighted by Crippen LogP contribution is 2.53. The zero-order valence-electron chi connectivity index (χ0n) is 19.6. The average molecular weight is 545 g/mol. The summed E-state index contributed by atoms with van der Waals surface area (Å²) < 4.78 is 31.7. The van der Waals surface area contributed by atoms with Crippen LogP contribution in [0.4, 0.5) is 13.2 Å². The highest BCUT2D eigenvalue weighted by Gasteiger charge is 2.59. The van der Waals surface area contributed by atoms with Gasteiger partial charge in [-0.2, -0.15) is 18.4 Å². The molecule has 0 saturated carbocycles. The van der Waals surface area contributed by atoms with Gasteiger partial charge in [0, 0.05) is 16.0 Å². The van der Waals surface area contributed by atoms with Gasteiger partial charge in [0.25, 0.3) is 0 Å². The quantitative estimate of drug-likeness (QED) is 0.420. The highest BCUT2D eigenvalue weighted by molar-refractivity contribution is 6.30. The number of nitriles is 1. The molecule has 1 heterocycles. The Kier molecular flexibility index (Phi) is 9.05. The number of carbonyl (C=O) groups is 2. The van der Waals surface area contributed by atoms with Crippen LogP contribution in [0.5, 0.6) is 0 Å². The molecule has 2 aromatic carbocycles. The lowest BCUT2D eigenvalue weighted by Gasteiger charge is -2.37. The summed E-state index contributed by atoms with van der Waals surface area (Å²) in [6.07, 6.45) is -4.52. The van der Waals surface area contributed by atoms with E-state index in [2.05, 4.69) is 32.2 Å². The van der Waals surface area contributed by atoms with Gasteiger partial charge >= 0.3 is 18.1 Å². The molecule has 2 aromatic rings. The van der Waals surface area contributed by atoms with E-state index in [1.807, 2.05) is 24.3 Å². The molecule has 1 saturated heterocycles. The number of alkyl halides is 3. The van der Waals surface area contributed by atoms with Gasteiger partial charge in [-0.05, 0) is 47.2 Å². The van der Waals surface area contributed by atoms with Crippen molar-refractivity contribution < 1.29 is 33.0 Å². The molecular weight excluding hydrogens is 520 g/mol. The molecule has 11 heteroatoms. The van der Waals surface area contributed by atoms with Crippen molar-refractivity contribution in [2.24, 2.45) is 11.3 Å². The topological polar surface area (TPSA) is 110 Å². The number of benzene rings is 2. The molecule has 4 atom stereocenters. The molecular formula is C25H25Cl2F3N2O4. The Hall–Kier alpha value is -2.80. The van der Waals surface area contributed by atoms with Gasteiger partial charge < -0.3 is 10.2 Å². The van der Waals surface area contributed by atoms with Gasteiger partial charge in [0.1, 0.15) is 11.5 Å². The third kappa shape index (κ3) is 6.69. The highest BCUT2D eigenvalue weighted by atomic mass is 35.5. The van der Waals surface area contributed by atoms with E-state index in [1.54, 1.807) is 24.3 Å². The number of aliphatic carboxylic acids is 2. The van der Waals surface area contributed by atoms with Crippen molar-refractivity contribution in [3.05, 3.63) is 69.7 Å². The third-order valence-corrected chi connectivity index (χ3v) is 6.31. The summed E-state index contributed by atoms with van der Waals surface area (Å²) >= 11 is 12.3. The minimum atomic E-state index is -5.08. The van der Waals surface area contributed by atoms with Crippen molar-refractivity contribution in [1.29, 1.82) is 5.26 Å². The van der Waals surface area contributed by atoms with Gasteiger partial charge in [-0.25, -0.2) is 4.79 Å². The SMILES string of the molecule is CC(C)(C)C[C@H]1[C@H](C(=O)O)N[C@H](c2cccc(Cl)c2)[C@]1(C#N)c1ccc(Cl)cc1.O=C(O)C(F)(F)F. The summed E-state index contributed by atoms with van der Waals surface area (Å²) in [6.45, 7) is 6.17. The summed E-state index contributed by atoms with van der Waals surface area (Å²) in [6, 6.07) is 15.5. The zero-order chi connectivity index (χ0) is 27.5. The summed E-state index contributed by atoms with van der Waals surface area (Å²) in [7, 11) is 0. The molecule has 1 aliphatic rings. The number of halogens is 5. The van der Waals surface area contributed by atoms with Crippen LogP contribution in [0.25, 0.3) is 0 Å². The van der Waals surface area contributed by atoms with Gasteiger partial charge in [-0.3, -0.25) is 10.1 Å². The van der Waals surface area contributed by atoms with Crippen molar-refractivity contribution in [2.75, 3.05) is 0 Å². The second kappa shape index (κ2) is 11.1. The maximum Gasteiger partial charge on any atom is 0.490 e. The lowest BCUT2D eigenvalue weighted by molar-refractivity contribution is -0.192. The molecule has 3 rings (SSSR count). The number of hydrogen-bond acceptors (Lipinski definition) is 4. The molecule has 0 amide bonds. The van der Waals surface area contributed by atoms with Crippen LogP contribution in [0.2, 0.25) is 10.0 Å². The number of hydrogen-bond donors (Lipinski definition) is 3. The Labute approximate surface area is 216 Å². The van der Waals surface area contributed by atoms with Crippen LogP contribution in [0.3, 0.4) is 0 Å².